The van der Waals surface area contributed by atoms with E-state index in [9.17, 15) is 4.79 Å². The summed E-state index contributed by atoms with van der Waals surface area (Å²) < 4.78 is 7.98. The zero-order valence-electron chi connectivity index (χ0n) is 17.8. The number of benzene rings is 2. The van der Waals surface area contributed by atoms with E-state index in [1.54, 1.807) is 0 Å². The normalized spacial score (nSPS) is 20.8. The van der Waals surface area contributed by atoms with Gasteiger partial charge in [-0.2, -0.15) is 0 Å². The molecule has 3 atom stereocenters. The first kappa shape index (κ1) is 19.7. The highest BCUT2D eigenvalue weighted by Crippen LogP contribution is 2.35. The summed E-state index contributed by atoms with van der Waals surface area (Å²) in [6, 6.07) is 17.0. The van der Waals surface area contributed by atoms with Crippen molar-refractivity contribution >= 4 is 16.8 Å². The fourth-order valence-electron chi connectivity index (χ4n) is 4.63. The molecule has 4 heteroatoms. The first-order chi connectivity index (χ1) is 13.9. The number of aromatic nitrogens is 1. The van der Waals surface area contributed by atoms with Crippen LogP contribution in [0.4, 0.5) is 0 Å². The van der Waals surface area contributed by atoms with Crippen LogP contribution in [0, 0.1) is 6.92 Å². The van der Waals surface area contributed by atoms with Crippen molar-refractivity contribution < 1.29 is 9.53 Å². The molecule has 3 unspecified atom stereocenters. The number of ether oxygens (including phenoxy) is 1. The maximum atomic E-state index is 13.3. The summed E-state index contributed by atoms with van der Waals surface area (Å²) in [4.78, 5) is 15.3. The van der Waals surface area contributed by atoms with Crippen LogP contribution in [-0.2, 0) is 16.6 Å². The van der Waals surface area contributed by atoms with Crippen molar-refractivity contribution in [1.82, 2.24) is 9.47 Å². The maximum Gasteiger partial charge on any atom is 0.223 e. The fraction of sp³-hybridized carbons (Fsp3) is 0.400. The molecule has 0 spiro atoms. The smallest absolute Gasteiger partial charge is 0.223 e. The van der Waals surface area contributed by atoms with Gasteiger partial charge in [-0.15, -0.1) is 0 Å². The van der Waals surface area contributed by atoms with Crippen LogP contribution >= 0.6 is 0 Å². The predicted octanol–water partition coefficient (Wildman–Crippen LogP) is 4.64. The second kappa shape index (κ2) is 8.03. The number of aryl methyl sites for hydroxylation is 2. The van der Waals surface area contributed by atoms with Crippen LogP contribution in [0.3, 0.4) is 0 Å². The summed E-state index contributed by atoms with van der Waals surface area (Å²) in [5, 5.41) is 1.22. The Kier molecular flexibility index (Phi) is 5.46. The van der Waals surface area contributed by atoms with Crippen LogP contribution in [0.5, 0.6) is 0 Å². The van der Waals surface area contributed by atoms with E-state index in [0.717, 1.165) is 0 Å². The van der Waals surface area contributed by atoms with Crippen LogP contribution in [0.2, 0.25) is 0 Å². The zero-order chi connectivity index (χ0) is 20.5. The number of hydrogen-bond acceptors (Lipinski definition) is 2. The Labute approximate surface area is 173 Å². The standard InChI is InChI=1S/C25H30N2O2/c1-17-8-7-9-20(12-17)22(13-25(28)27-14-18(2)29-19(3)15-27)23-16-26(4)24-11-6-5-10-21(23)24/h5-12,16,18-19,22H,13-15H2,1-4H3. The Balaban J connectivity index is 1.72. The summed E-state index contributed by atoms with van der Waals surface area (Å²) in [7, 11) is 2.08. The number of carbonyl (C=O) groups is 1. The maximum absolute atomic E-state index is 13.3. The first-order valence-electron chi connectivity index (χ1n) is 10.5. The summed E-state index contributed by atoms with van der Waals surface area (Å²) in [6.45, 7) is 7.52. The lowest BCUT2D eigenvalue weighted by atomic mass is 9.87. The van der Waals surface area contributed by atoms with Crippen LogP contribution in [-0.4, -0.2) is 40.7 Å². The van der Waals surface area contributed by atoms with Gasteiger partial charge in [-0.3, -0.25) is 4.79 Å². The molecule has 0 saturated carbocycles. The molecule has 0 bridgehead atoms. The lowest BCUT2D eigenvalue weighted by molar-refractivity contribution is -0.143. The topological polar surface area (TPSA) is 34.5 Å². The van der Waals surface area contributed by atoms with E-state index in [0.29, 0.717) is 19.5 Å². The molecule has 4 rings (SSSR count). The number of carbonyl (C=O) groups excluding carboxylic acids is 1. The zero-order valence-corrected chi connectivity index (χ0v) is 17.8. The van der Waals surface area contributed by atoms with E-state index in [1.165, 1.54) is 27.6 Å². The quantitative estimate of drug-likeness (QED) is 0.650. The number of amides is 1. The van der Waals surface area contributed by atoms with Gasteiger partial charge in [0, 0.05) is 49.6 Å². The summed E-state index contributed by atoms with van der Waals surface area (Å²) in [5.74, 6) is 0.230. The first-order valence-corrected chi connectivity index (χ1v) is 10.5. The van der Waals surface area contributed by atoms with Gasteiger partial charge in [-0.05, 0) is 38.0 Å². The third-order valence-electron chi connectivity index (χ3n) is 5.90. The molecule has 2 heterocycles. The molecule has 1 fully saturated rings. The van der Waals surface area contributed by atoms with Crippen molar-refractivity contribution in [3.05, 3.63) is 71.4 Å². The van der Waals surface area contributed by atoms with Crippen molar-refractivity contribution in [2.24, 2.45) is 7.05 Å². The Morgan fingerprint density at radius 2 is 1.83 bits per heavy atom. The Bertz CT molecular complexity index is 1010. The second-order valence-corrected chi connectivity index (χ2v) is 8.44. The predicted molar refractivity (Wildman–Crippen MR) is 117 cm³/mol. The molecule has 0 N–H and O–H groups in total. The van der Waals surface area contributed by atoms with Gasteiger partial charge >= 0.3 is 0 Å². The molecule has 0 aliphatic carbocycles. The minimum atomic E-state index is 0.0296. The van der Waals surface area contributed by atoms with Crippen LogP contribution in [0.15, 0.2) is 54.7 Å². The van der Waals surface area contributed by atoms with E-state index in [-0.39, 0.29) is 24.0 Å². The molecule has 1 aliphatic heterocycles. The van der Waals surface area contributed by atoms with E-state index >= 15 is 0 Å². The van der Waals surface area contributed by atoms with Crippen LogP contribution < -0.4 is 0 Å². The number of hydrogen-bond donors (Lipinski definition) is 0. The van der Waals surface area contributed by atoms with E-state index in [2.05, 4.69) is 73.3 Å². The van der Waals surface area contributed by atoms with E-state index in [4.69, 9.17) is 4.74 Å². The molecule has 4 nitrogen and oxygen atoms in total. The largest absolute Gasteiger partial charge is 0.372 e. The number of rotatable bonds is 4. The summed E-state index contributed by atoms with van der Waals surface area (Å²) in [5.41, 5.74) is 4.83. The SMILES string of the molecule is Cc1cccc(C(CC(=O)N2CC(C)OC(C)C2)c2cn(C)c3ccccc23)c1. The Hall–Kier alpha value is -2.59. The molecule has 3 aromatic rings. The lowest BCUT2D eigenvalue weighted by Crippen LogP contribution is -2.48. The van der Waals surface area contributed by atoms with Gasteiger partial charge in [0.1, 0.15) is 0 Å². The van der Waals surface area contributed by atoms with Gasteiger partial charge in [0.15, 0.2) is 0 Å². The Morgan fingerprint density at radius 3 is 2.55 bits per heavy atom. The van der Waals surface area contributed by atoms with Gasteiger partial charge in [0.25, 0.3) is 0 Å². The molecule has 1 aromatic heterocycles. The lowest BCUT2D eigenvalue weighted by Gasteiger charge is -2.36. The van der Waals surface area contributed by atoms with Crippen molar-refractivity contribution in [2.75, 3.05) is 13.1 Å². The highest BCUT2D eigenvalue weighted by atomic mass is 16.5. The molecule has 29 heavy (non-hydrogen) atoms. The van der Waals surface area contributed by atoms with Crippen molar-refractivity contribution in [1.29, 1.82) is 0 Å². The molecule has 152 valence electrons. The van der Waals surface area contributed by atoms with Crippen molar-refractivity contribution in [3.8, 4) is 0 Å². The summed E-state index contributed by atoms with van der Waals surface area (Å²) in [6.07, 6.45) is 2.82. The van der Waals surface area contributed by atoms with Crippen LogP contribution in [0.25, 0.3) is 10.9 Å². The van der Waals surface area contributed by atoms with Gasteiger partial charge in [0.2, 0.25) is 5.91 Å². The van der Waals surface area contributed by atoms with Crippen molar-refractivity contribution in [2.45, 2.75) is 45.3 Å². The fourth-order valence-corrected chi connectivity index (χ4v) is 4.63. The number of para-hydroxylation sites is 1. The van der Waals surface area contributed by atoms with Gasteiger partial charge in [0.05, 0.1) is 12.2 Å². The number of morpholine rings is 1. The molecular weight excluding hydrogens is 360 g/mol. The minimum absolute atomic E-state index is 0.0296. The molecule has 0 radical (unpaired) electrons. The molecule has 2 aromatic carbocycles. The third-order valence-corrected chi connectivity index (χ3v) is 5.90. The van der Waals surface area contributed by atoms with Gasteiger partial charge in [-0.1, -0.05) is 48.0 Å². The molecule has 1 aliphatic rings. The highest BCUT2D eigenvalue weighted by molar-refractivity contribution is 5.86. The van der Waals surface area contributed by atoms with E-state index < -0.39 is 0 Å². The van der Waals surface area contributed by atoms with Crippen molar-refractivity contribution in [3.63, 3.8) is 0 Å². The molecule has 1 amide bonds. The summed E-state index contributed by atoms with van der Waals surface area (Å²) >= 11 is 0. The second-order valence-electron chi connectivity index (χ2n) is 8.44. The third kappa shape index (κ3) is 4.08. The minimum Gasteiger partial charge on any atom is -0.372 e. The van der Waals surface area contributed by atoms with Gasteiger partial charge in [-0.25, -0.2) is 0 Å². The average molecular weight is 391 g/mol. The number of nitrogens with zero attached hydrogens (tertiary/aromatic N) is 2. The highest BCUT2D eigenvalue weighted by Gasteiger charge is 2.29. The monoisotopic (exact) mass is 390 g/mol. The average Bonchev–Trinajstić information content (AvgIpc) is 3.02. The molecule has 1 saturated heterocycles. The Morgan fingerprint density at radius 1 is 1.10 bits per heavy atom. The van der Waals surface area contributed by atoms with Gasteiger partial charge < -0.3 is 14.2 Å². The van der Waals surface area contributed by atoms with E-state index in [1.807, 2.05) is 18.7 Å². The molecular formula is C25H30N2O2. The van der Waals surface area contributed by atoms with Crippen LogP contribution in [0.1, 0.15) is 42.9 Å². The number of fused-ring (bicyclic) bond motifs is 1.